The predicted molar refractivity (Wildman–Crippen MR) is 102 cm³/mol. The number of rotatable bonds is 6. The van der Waals surface area contributed by atoms with Crippen molar-refractivity contribution in [2.75, 3.05) is 19.6 Å². The maximum atomic E-state index is 12.4. The molecule has 4 heteroatoms. The van der Waals surface area contributed by atoms with Crippen LogP contribution in [-0.4, -0.2) is 25.5 Å². The van der Waals surface area contributed by atoms with Crippen LogP contribution in [0.25, 0.3) is 0 Å². The summed E-state index contributed by atoms with van der Waals surface area (Å²) in [4.78, 5) is 13.9. The highest BCUT2D eigenvalue weighted by Crippen LogP contribution is 2.12. The molecule has 0 aliphatic carbocycles. The van der Waals surface area contributed by atoms with E-state index in [2.05, 4.69) is 29.6 Å². The van der Waals surface area contributed by atoms with E-state index in [9.17, 15) is 4.79 Å². The van der Waals surface area contributed by atoms with Crippen molar-refractivity contribution in [3.8, 4) is 0 Å². The van der Waals surface area contributed by atoms with E-state index in [1.54, 1.807) is 4.90 Å². The monoisotopic (exact) mass is 357 g/mol. The molecule has 0 bridgehead atoms. The molecule has 1 aliphatic rings. The zero-order valence-electron chi connectivity index (χ0n) is 14.5. The summed E-state index contributed by atoms with van der Waals surface area (Å²) >= 11 is 5.94. The molecule has 1 fully saturated rings. The minimum Gasteiger partial charge on any atom is -0.356 e. The summed E-state index contributed by atoms with van der Waals surface area (Å²) in [6, 6.07) is 18.4. The number of quaternary nitrogens is 1. The van der Waals surface area contributed by atoms with E-state index in [-0.39, 0.29) is 11.8 Å². The summed E-state index contributed by atoms with van der Waals surface area (Å²) < 4.78 is 0. The highest BCUT2D eigenvalue weighted by Gasteiger charge is 2.27. The molecule has 0 aromatic heterocycles. The second kappa shape index (κ2) is 9.02. The van der Waals surface area contributed by atoms with E-state index in [4.69, 9.17) is 11.6 Å². The largest absolute Gasteiger partial charge is 0.356 e. The summed E-state index contributed by atoms with van der Waals surface area (Å²) in [6.45, 7) is 3.85. The quantitative estimate of drug-likeness (QED) is 0.818. The van der Waals surface area contributed by atoms with Gasteiger partial charge in [-0.25, -0.2) is 0 Å². The molecule has 2 N–H and O–H groups in total. The van der Waals surface area contributed by atoms with Gasteiger partial charge in [0.1, 0.15) is 6.54 Å². The maximum Gasteiger partial charge on any atom is 0.223 e. The normalized spacial score (nSPS) is 20.2. The van der Waals surface area contributed by atoms with Gasteiger partial charge in [-0.1, -0.05) is 54.1 Å². The van der Waals surface area contributed by atoms with Crippen LogP contribution < -0.4 is 10.2 Å². The van der Waals surface area contributed by atoms with Crippen LogP contribution in [-0.2, 0) is 17.8 Å². The molecule has 0 unspecified atom stereocenters. The van der Waals surface area contributed by atoms with Crippen LogP contribution in [0.3, 0.4) is 0 Å². The third kappa shape index (κ3) is 5.58. The second-order valence-corrected chi connectivity index (χ2v) is 7.29. The molecule has 2 aromatic rings. The molecule has 3 nitrogen and oxygen atoms in total. The Balaban J connectivity index is 1.38. The fourth-order valence-electron chi connectivity index (χ4n) is 3.47. The number of hydrogen-bond acceptors (Lipinski definition) is 1. The maximum absolute atomic E-state index is 12.4. The lowest BCUT2D eigenvalue weighted by atomic mass is 9.95. The minimum atomic E-state index is 0.171. The van der Waals surface area contributed by atoms with Crippen molar-refractivity contribution in [2.45, 2.75) is 25.8 Å². The Morgan fingerprint density at radius 3 is 2.36 bits per heavy atom. The van der Waals surface area contributed by atoms with Gasteiger partial charge in [-0.3, -0.25) is 4.79 Å². The van der Waals surface area contributed by atoms with Gasteiger partial charge in [0, 0.05) is 35.9 Å². The first-order valence-corrected chi connectivity index (χ1v) is 9.48. The number of halogens is 1. The molecular formula is C21H26ClN2O+. The van der Waals surface area contributed by atoms with Gasteiger partial charge in [-0.05, 0) is 24.1 Å². The Kier molecular flexibility index (Phi) is 6.48. The standard InChI is InChI=1S/C21H25ClN2O/c22-20-8-6-18(7-9-20)16-24-14-11-19(12-15-24)21(25)23-13-10-17-4-2-1-3-5-17/h1-9,19H,10-16H2,(H,23,25)/p+1. The molecule has 0 spiro atoms. The molecule has 1 saturated heterocycles. The fraction of sp³-hybridized carbons (Fsp3) is 0.381. The zero-order valence-corrected chi connectivity index (χ0v) is 15.3. The van der Waals surface area contributed by atoms with Crippen molar-refractivity contribution in [3.63, 3.8) is 0 Å². The molecule has 0 atom stereocenters. The van der Waals surface area contributed by atoms with Gasteiger partial charge in [0.2, 0.25) is 5.91 Å². The first-order valence-electron chi connectivity index (χ1n) is 9.10. The molecule has 0 radical (unpaired) electrons. The number of likely N-dealkylation sites (tertiary alicyclic amines) is 1. The lowest BCUT2D eigenvalue weighted by molar-refractivity contribution is -0.919. The first-order chi connectivity index (χ1) is 12.2. The van der Waals surface area contributed by atoms with Gasteiger partial charge < -0.3 is 10.2 Å². The Hall–Kier alpha value is -1.84. The minimum absolute atomic E-state index is 0.171. The van der Waals surface area contributed by atoms with Crippen molar-refractivity contribution >= 4 is 17.5 Å². The fourth-order valence-corrected chi connectivity index (χ4v) is 3.60. The molecule has 25 heavy (non-hydrogen) atoms. The van der Waals surface area contributed by atoms with Crippen LogP contribution >= 0.6 is 11.6 Å². The number of benzene rings is 2. The van der Waals surface area contributed by atoms with Gasteiger partial charge in [-0.2, -0.15) is 0 Å². The molecule has 1 amide bonds. The summed E-state index contributed by atoms with van der Waals surface area (Å²) in [6.07, 6.45) is 2.84. The Bertz CT molecular complexity index is 664. The molecule has 2 aromatic carbocycles. The van der Waals surface area contributed by atoms with Crippen molar-refractivity contribution in [1.29, 1.82) is 0 Å². The Morgan fingerprint density at radius 1 is 1.00 bits per heavy atom. The van der Waals surface area contributed by atoms with E-state index < -0.39 is 0 Å². The van der Waals surface area contributed by atoms with Crippen LogP contribution in [0.4, 0.5) is 0 Å². The lowest BCUT2D eigenvalue weighted by Gasteiger charge is -2.28. The van der Waals surface area contributed by atoms with Crippen molar-refractivity contribution < 1.29 is 9.69 Å². The van der Waals surface area contributed by atoms with Crippen LogP contribution in [0.15, 0.2) is 54.6 Å². The summed E-state index contributed by atoms with van der Waals surface area (Å²) in [5.74, 6) is 0.395. The average Bonchev–Trinajstić information content (AvgIpc) is 2.65. The number of carbonyl (C=O) groups is 1. The Morgan fingerprint density at radius 2 is 1.68 bits per heavy atom. The van der Waals surface area contributed by atoms with Gasteiger partial charge in [0.25, 0.3) is 0 Å². The number of hydrogen-bond donors (Lipinski definition) is 2. The summed E-state index contributed by atoms with van der Waals surface area (Å²) in [5.41, 5.74) is 2.58. The van der Waals surface area contributed by atoms with Gasteiger partial charge in [0.05, 0.1) is 13.1 Å². The summed E-state index contributed by atoms with van der Waals surface area (Å²) in [7, 11) is 0. The van der Waals surface area contributed by atoms with E-state index in [0.717, 1.165) is 50.5 Å². The topological polar surface area (TPSA) is 33.5 Å². The van der Waals surface area contributed by atoms with E-state index >= 15 is 0 Å². The van der Waals surface area contributed by atoms with Gasteiger partial charge >= 0.3 is 0 Å². The van der Waals surface area contributed by atoms with Crippen LogP contribution in [0.2, 0.25) is 5.02 Å². The van der Waals surface area contributed by atoms with Crippen LogP contribution in [0.5, 0.6) is 0 Å². The molecule has 3 rings (SSSR count). The number of piperidine rings is 1. The van der Waals surface area contributed by atoms with Crippen molar-refractivity contribution in [2.24, 2.45) is 5.92 Å². The smallest absolute Gasteiger partial charge is 0.223 e. The number of carbonyl (C=O) groups excluding carboxylic acids is 1. The van der Waals surface area contributed by atoms with E-state index in [1.165, 1.54) is 11.1 Å². The molecule has 1 heterocycles. The van der Waals surface area contributed by atoms with Crippen molar-refractivity contribution in [3.05, 3.63) is 70.7 Å². The molecule has 132 valence electrons. The molecule has 1 aliphatic heterocycles. The predicted octanol–water partition coefficient (Wildman–Crippen LogP) is 2.49. The summed E-state index contributed by atoms with van der Waals surface area (Å²) in [5, 5.41) is 3.89. The third-order valence-corrected chi connectivity index (χ3v) is 5.24. The van der Waals surface area contributed by atoms with Crippen LogP contribution in [0, 0.1) is 5.92 Å². The molecular weight excluding hydrogens is 332 g/mol. The van der Waals surface area contributed by atoms with Gasteiger partial charge in [0.15, 0.2) is 0 Å². The molecule has 0 saturated carbocycles. The highest BCUT2D eigenvalue weighted by molar-refractivity contribution is 6.30. The first kappa shape index (κ1) is 18.0. The lowest BCUT2D eigenvalue weighted by Crippen LogP contribution is -3.11. The van der Waals surface area contributed by atoms with Crippen LogP contribution in [0.1, 0.15) is 24.0 Å². The second-order valence-electron chi connectivity index (χ2n) is 6.85. The number of nitrogens with one attached hydrogen (secondary N) is 2. The average molecular weight is 358 g/mol. The van der Waals surface area contributed by atoms with E-state index in [0.29, 0.717) is 0 Å². The third-order valence-electron chi connectivity index (χ3n) is 4.99. The van der Waals surface area contributed by atoms with Crippen molar-refractivity contribution in [1.82, 2.24) is 5.32 Å². The number of amides is 1. The Labute approximate surface area is 155 Å². The zero-order chi connectivity index (χ0) is 17.5. The van der Waals surface area contributed by atoms with E-state index in [1.807, 2.05) is 30.3 Å². The SMILES string of the molecule is O=C(NCCc1ccccc1)C1CC[NH+](Cc2ccc(Cl)cc2)CC1. The van der Waals surface area contributed by atoms with Gasteiger partial charge in [-0.15, -0.1) is 0 Å². The highest BCUT2D eigenvalue weighted by atomic mass is 35.5.